The fourth-order valence-corrected chi connectivity index (χ4v) is 4.71. The van der Waals surface area contributed by atoms with E-state index in [0.717, 1.165) is 17.5 Å². The van der Waals surface area contributed by atoms with E-state index in [1.54, 1.807) is 23.1 Å². The summed E-state index contributed by atoms with van der Waals surface area (Å²) >= 11 is 6.17. The van der Waals surface area contributed by atoms with E-state index >= 15 is 0 Å². The zero-order chi connectivity index (χ0) is 27.6. The maximum absolute atomic E-state index is 13.4. The van der Waals surface area contributed by atoms with Gasteiger partial charge >= 0.3 is 0 Å². The predicted molar refractivity (Wildman–Crippen MR) is 152 cm³/mol. The highest BCUT2D eigenvalue weighted by atomic mass is 35.5. The van der Waals surface area contributed by atoms with E-state index in [1.807, 2.05) is 54.6 Å². The van der Waals surface area contributed by atoms with Gasteiger partial charge < -0.3 is 20.3 Å². The molecule has 0 saturated heterocycles. The number of nitrogens with zero attached hydrogens (tertiary/aromatic N) is 1. The van der Waals surface area contributed by atoms with Crippen molar-refractivity contribution in [3.8, 4) is 5.75 Å². The number of benzene rings is 3. The average molecular weight is 548 g/mol. The monoisotopic (exact) mass is 547 g/mol. The van der Waals surface area contributed by atoms with Crippen molar-refractivity contribution in [2.24, 2.45) is 0 Å². The summed E-state index contributed by atoms with van der Waals surface area (Å²) in [5.41, 5.74) is 3.06. The first kappa shape index (κ1) is 28.2. The second-order valence-electron chi connectivity index (χ2n) is 9.65. The number of carbonyl (C=O) groups excluding carboxylic acids is 3. The lowest BCUT2D eigenvalue weighted by Crippen LogP contribution is -2.47. The maximum atomic E-state index is 13.4. The molecule has 4 rings (SSSR count). The van der Waals surface area contributed by atoms with E-state index in [0.29, 0.717) is 54.3 Å². The van der Waals surface area contributed by atoms with Crippen molar-refractivity contribution in [3.63, 3.8) is 0 Å². The van der Waals surface area contributed by atoms with E-state index in [4.69, 9.17) is 16.3 Å². The number of rotatable bonds is 4. The number of aryl methyl sites for hydroxylation is 1. The zero-order valence-electron chi connectivity index (χ0n) is 22.1. The molecular formula is C31H34ClN3O4. The van der Waals surface area contributed by atoms with Crippen molar-refractivity contribution in [3.05, 3.63) is 100 Å². The van der Waals surface area contributed by atoms with Crippen LogP contribution in [0.4, 0.5) is 0 Å². The predicted octanol–water partition coefficient (Wildman–Crippen LogP) is 4.67. The van der Waals surface area contributed by atoms with Crippen molar-refractivity contribution in [1.82, 2.24) is 15.5 Å². The number of ether oxygens (including phenoxy) is 1. The van der Waals surface area contributed by atoms with Gasteiger partial charge in [-0.25, -0.2) is 0 Å². The normalized spacial score (nSPS) is 17.1. The molecule has 0 saturated carbocycles. The molecule has 0 radical (unpaired) electrons. The molecule has 0 aliphatic carbocycles. The van der Waals surface area contributed by atoms with Crippen LogP contribution in [-0.4, -0.2) is 54.9 Å². The lowest BCUT2D eigenvalue weighted by Gasteiger charge is -2.25. The Balaban J connectivity index is 1.57. The molecule has 0 aromatic heterocycles. The minimum Gasteiger partial charge on any atom is -0.491 e. The van der Waals surface area contributed by atoms with Crippen molar-refractivity contribution in [1.29, 1.82) is 0 Å². The number of amides is 3. The Labute approximate surface area is 234 Å². The Bertz CT molecular complexity index is 1280. The molecule has 3 amide bonds. The van der Waals surface area contributed by atoms with Crippen LogP contribution in [0.15, 0.2) is 72.8 Å². The van der Waals surface area contributed by atoms with Crippen molar-refractivity contribution < 1.29 is 19.1 Å². The van der Waals surface area contributed by atoms with Crippen LogP contribution in [0.5, 0.6) is 5.75 Å². The van der Waals surface area contributed by atoms with Crippen molar-refractivity contribution in [2.45, 2.75) is 38.6 Å². The molecule has 1 aliphatic rings. The highest BCUT2D eigenvalue weighted by molar-refractivity contribution is 6.31. The van der Waals surface area contributed by atoms with Crippen LogP contribution < -0.4 is 15.4 Å². The second-order valence-corrected chi connectivity index (χ2v) is 10.1. The summed E-state index contributed by atoms with van der Waals surface area (Å²) in [6.07, 6.45) is 2.67. The van der Waals surface area contributed by atoms with E-state index in [1.165, 1.54) is 0 Å². The molecule has 1 aliphatic heterocycles. The molecule has 3 aromatic rings. The quantitative estimate of drug-likeness (QED) is 0.497. The lowest BCUT2D eigenvalue weighted by molar-refractivity contribution is -0.122. The summed E-state index contributed by atoms with van der Waals surface area (Å²) in [7, 11) is 0. The van der Waals surface area contributed by atoms with Gasteiger partial charge in [0.1, 0.15) is 12.4 Å². The minimum absolute atomic E-state index is 0.0712. The number of hydrogen-bond acceptors (Lipinski definition) is 4. The van der Waals surface area contributed by atoms with Crippen LogP contribution in [0, 0.1) is 0 Å². The van der Waals surface area contributed by atoms with E-state index in [2.05, 4.69) is 17.6 Å². The van der Waals surface area contributed by atoms with Gasteiger partial charge in [-0.1, -0.05) is 61.0 Å². The van der Waals surface area contributed by atoms with Crippen LogP contribution >= 0.6 is 11.6 Å². The molecule has 2 N–H and O–H groups in total. The van der Waals surface area contributed by atoms with Gasteiger partial charge in [0, 0.05) is 23.7 Å². The molecule has 7 nitrogen and oxygen atoms in total. The summed E-state index contributed by atoms with van der Waals surface area (Å²) in [6, 6.07) is 21.8. The molecule has 3 aromatic carbocycles. The second kappa shape index (κ2) is 13.8. The van der Waals surface area contributed by atoms with Crippen molar-refractivity contribution >= 4 is 29.3 Å². The van der Waals surface area contributed by atoms with Gasteiger partial charge in [0.15, 0.2) is 0 Å². The van der Waals surface area contributed by atoms with Gasteiger partial charge in [-0.15, -0.1) is 0 Å². The molecular weight excluding hydrogens is 514 g/mol. The first-order chi connectivity index (χ1) is 18.9. The standard InChI is InChI=1S/C31H34ClN3O4/c1-2-22-10-12-24(13-11-22)31(38)35-17-7-6-16-33-30(37)27-19-25(32)14-15-28(27)39-21-26(34-29(36)20-35)18-23-8-4-3-5-9-23/h3-5,8-15,19,26H,2,6-7,16-18,20-21H2,1H3,(H,33,37)(H,34,36)/t26-/m1/s1. The van der Waals surface area contributed by atoms with Gasteiger partial charge in [0.25, 0.3) is 11.8 Å². The summed E-state index contributed by atoms with van der Waals surface area (Å²) in [5, 5.41) is 6.41. The summed E-state index contributed by atoms with van der Waals surface area (Å²) < 4.78 is 6.07. The van der Waals surface area contributed by atoms with Gasteiger partial charge in [-0.3, -0.25) is 14.4 Å². The van der Waals surface area contributed by atoms with E-state index < -0.39 is 6.04 Å². The molecule has 0 fully saturated rings. The zero-order valence-corrected chi connectivity index (χ0v) is 22.9. The van der Waals surface area contributed by atoms with Gasteiger partial charge in [-0.05, 0) is 67.1 Å². The smallest absolute Gasteiger partial charge is 0.255 e. The largest absolute Gasteiger partial charge is 0.491 e. The Morgan fingerprint density at radius 1 is 1.00 bits per heavy atom. The maximum Gasteiger partial charge on any atom is 0.255 e. The summed E-state index contributed by atoms with van der Waals surface area (Å²) in [5.74, 6) is -0.348. The highest BCUT2D eigenvalue weighted by Crippen LogP contribution is 2.23. The van der Waals surface area contributed by atoms with Crippen LogP contribution in [0.25, 0.3) is 0 Å². The van der Waals surface area contributed by atoms with Crippen LogP contribution in [0.2, 0.25) is 5.02 Å². The summed E-state index contributed by atoms with van der Waals surface area (Å²) in [4.78, 5) is 41.2. The first-order valence-electron chi connectivity index (χ1n) is 13.3. The number of halogens is 1. The molecule has 1 atom stereocenters. The fraction of sp³-hybridized carbons (Fsp3) is 0.323. The third kappa shape index (κ3) is 8.07. The number of hydrogen-bond donors (Lipinski definition) is 2. The van der Waals surface area contributed by atoms with Gasteiger partial charge in [0.05, 0.1) is 18.2 Å². The van der Waals surface area contributed by atoms with E-state index in [-0.39, 0.29) is 30.9 Å². The van der Waals surface area contributed by atoms with Crippen LogP contribution in [-0.2, 0) is 17.6 Å². The number of carbonyl (C=O) groups is 3. The SMILES string of the molecule is CCc1ccc(C(=O)N2CCCCNC(=O)c3cc(Cl)ccc3OC[C@@H](Cc3ccccc3)NC(=O)C2)cc1. The highest BCUT2D eigenvalue weighted by Gasteiger charge is 2.23. The number of fused-ring (bicyclic) bond motifs is 1. The third-order valence-electron chi connectivity index (χ3n) is 6.69. The van der Waals surface area contributed by atoms with Gasteiger partial charge in [0.2, 0.25) is 5.91 Å². The molecule has 204 valence electrons. The fourth-order valence-electron chi connectivity index (χ4n) is 4.54. The Morgan fingerprint density at radius 2 is 1.77 bits per heavy atom. The van der Waals surface area contributed by atoms with Crippen LogP contribution in [0.3, 0.4) is 0 Å². The molecule has 39 heavy (non-hydrogen) atoms. The lowest BCUT2D eigenvalue weighted by atomic mass is 10.1. The minimum atomic E-state index is -0.391. The first-order valence-corrected chi connectivity index (χ1v) is 13.7. The average Bonchev–Trinajstić information content (AvgIpc) is 2.95. The molecule has 0 bridgehead atoms. The molecule has 0 unspecified atom stereocenters. The topological polar surface area (TPSA) is 87.7 Å². The Morgan fingerprint density at radius 3 is 2.51 bits per heavy atom. The van der Waals surface area contributed by atoms with Crippen LogP contribution in [0.1, 0.15) is 51.6 Å². The van der Waals surface area contributed by atoms with Gasteiger partial charge in [-0.2, -0.15) is 0 Å². The third-order valence-corrected chi connectivity index (χ3v) is 6.92. The Kier molecular flexibility index (Phi) is 9.97. The Hall–Kier alpha value is -3.84. The molecule has 0 spiro atoms. The molecule has 8 heteroatoms. The summed E-state index contributed by atoms with van der Waals surface area (Å²) in [6.45, 7) is 2.93. The van der Waals surface area contributed by atoms with Crippen molar-refractivity contribution in [2.75, 3.05) is 26.2 Å². The molecule has 1 heterocycles. The van der Waals surface area contributed by atoms with E-state index in [9.17, 15) is 14.4 Å². The number of nitrogens with one attached hydrogen (secondary N) is 2.